The molecule has 3 aromatic rings. The Kier molecular flexibility index (Phi) is 5.03. The molecule has 0 bridgehead atoms. The quantitative estimate of drug-likeness (QED) is 0.407. The third-order valence-electron chi connectivity index (χ3n) is 6.98. The smallest absolute Gasteiger partial charge is 0.276 e. The first kappa shape index (κ1) is 20.8. The Bertz CT molecular complexity index is 1290. The summed E-state index contributed by atoms with van der Waals surface area (Å²) in [5.74, 6) is 2.94. The third kappa shape index (κ3) is 3.42. The van der Waals surface area contributed by atoms with Crippen molar-refractivity contribution in [3.8, 4) is 23.0 Å². The van der Waals surface area contributed by atoms with Crippen molar-refractivity contribution in [3.63, 3.8) is 0 Å². The van der Waals surface area contributed by atoms with Crippen LogP contribution in [0.5, 0.6) is 23.0 Å². The molecule has 0 aromatic heterocycles. The third-order valence-corrected chi connectivity index (χ3v) is 6.98. The molecule has 3 heterocycles. The normalized spacial score (nSPS) is 18.0. The zero-order chi connectivity index (χ0) is 23.2. The topological polar surface area (TPSA) is 83.3 Å². The summed E-state index contributed by atoms with van der Waals surface area (Å²) in [6, 6.07) is 15.2. The van der Waals surface area contributed by atoms with Gasteiger partial charge in [0, 0.05) is 30.8 Å². The zero-order valence-corrected chi connectivity index (χ0v) is 18.8. The predicted molar refractivity (Wildman–Crippen MR) is 124 cm³/mol. The van der Waals surface area contributed by atoms with Crippen LogP contribution in [-0.4, -0.2) is 30.3 Å². The number of rotatable bonds is 5. The molecular weight excluding hydrogens is 436 g/mol. The highest BCUT2D eigenvalue weighted by Gasteiger charge is 2.35. The minimum Gasteiger partial charge on any atom is -0.493 e. The lowest BCUT2D eigenvalue weighted by Gasteiger charge is -2.42. The average Bonchev–Trinajstić information content (AvgIpc) is 3.32. The molecule has 8 nitrogen and oxygen atoms in total. The number of methoxy groups -OCH3 is 1. The van der Waals surface area contributed by atoms with Crippen LogP contribution in [0.4, 0.5) is 5.69 Å². The van der Waals surface area contributed by atoms with Crippen molar-refractivity contribution in [1.82, 2.24) is 4.90 Å². The maximum absolute atomic E-state index is 11.4. The Morgan fingerprint density at radius 1 is 1.12 bits per heavy atom. The van der Waals surface area contributed by atoms with Gasteiger partial charge < -0.3 is 18.9 Å². The fourth-order valence-electron chi connectivity index (χ4n) is 5.27. The van der Waals surface area contributed by atoms with Crippen LogP contribution in [-0.2, 0) is 26.0 Å². The van der Waals surface area contributed by atoms with Gasteiger partial charge in [0.25, 0.3) is 5.69 Å². The molecule has 0 aliphatic carbocycles. The highest BCUT2D eigenvalue weighted by atomic mass is 16.7. The number of nitro benzene ring substituents is 1. The SMILES string of the molecule is COc1ccc2c(c1OCc1ccccc1[N+](=O)[O-])CN1CCc3cc4c(cc3C1C2)OCO4. The molecule has 0 N–H and O–H groups in total. The fourth-order valence-corrected chi connectivity index (χ4v) is 5.27. The van der Waals surface area contributed by atoms with Crippen LogP contribution >= 0.6 is 0 Å². The lowest BCUT2D eigenvalue weighted by Crippen LogP contribution is -2.39. The molecule has 1 atom stereocenters. The van der Waals surface area contributed by atoms with Crippen molar-refractivity contribution in [2.45, 2.75) is 32.0 Å². The van der Waals surface area contributed by atoms with E-state index < -0.39 is 0 Å². The first-order valence-electron chi connectivity index (χ1n) is 11.3. The molecule has 34 heavy (non-hydrogen) atoms. The standard InChI is InChI=1S/C26H24N2O6/c1-31-23-7-6-16-10-22-19-12-25-24(33-15-34-25)11-17(19)8-9-27(22)13-20(16)26(23)32-14-18-4-2-3-5-21(18)28(29)30/h2-7,11-12,22H,8-10,13-15H2,1H3. The monoisotopic (exact) mass is 460 g/mol. The van der Waals surface area contributed by atoms with Gasteiger partial charge in [-0.25, -0.2) is 0 Å². The van der Waals surface area contributed by atoms with Crippen molar-refractivity contribution in [1.29, 1.82) is 0 Å². The highest BCUT2D eigenvalue weighted by molar-refractivity contribution is 5.55. The first-order chi connectivity index (χ1) is 16.6. The summed E-state index contributed by atoms with van der Waals surface area (Å²) in [4.78, 5) is 13.5. The van der Waals surface area contributed by atoms with E-state index in [0.717, 1.165) is 43.0 Å². The molecule has 0 fully saturated rings. The minimum atomic E-state index is -0.377. The van der Waals surface area contributed by atoms with Crippen molar-refractivity contribution in [3.05, 3.63) is 86.5 Å². The molecule has 8 heteroatoms. The Balaban J connectivity index is 1.33. The Labute approximate surface area is 196 Å². The van der Waals surface area contributed by atoms with Gasteiger partial charge in [-0.15, -0.1) is 0 Å². The summed E-state index contributed by atoms with van der Waals surface area (Å²) in [6.07, 6.45) is 1.78. The van der Waals surface area contributed by atoms with Crippen LogP contribution in [0.2, 0.25) is 0 Å². The van der Waals surface area contributed by atoms with E-state index in [2.05, 4.69) is 23.1 Å². The maximum atomic E-state index is 11.4. The molecule has 0 amide bonds. The Hall–Kier alpha value is -3.78. The molecule has 3 aliphatic heterocycles. The lowest BCUT2D eigenvalue weighted by molar-refractivity contribution is -0.385. The highest BCUT2D eigenvalue weighted by Crippen LogP contribution is 2.46. The molecule has 1 unspecified atom stereocenters. The van der Waals surface area contributed by atoms with Crippen LogP contribution < -0.4 is 18.9 Å². The van der Waals surface area contributed by atoms with Crippen molar-refractivity contribution < 1.29 is 23.9 Å². The zero-order valence-electron chi connectivity index (χ0n) is 18.8. The molecule has 174 valence electrons. The largest absolute Gasteiger partial charge is 0.493 e. The molecule has 3 aromatic carbocycles. The van der Waals surface area contributed by atoms with Gasteiger partial charge in [-0.3, -0.25) is 15.0 Å². The van der Waals surface area contributed by atoms with Crippen LogP contribution in [0.15, 0.2) is 48.5 Å². The van der Waals surface area contributed by atoms with Gasteiger partial charge in [0.1, 0.15) is 6.61 Å². The molecule has 0 radical (unpaired) electrons. The summed E-state index contributed by atoms with van der Waals surface area (Å²) in [6.45, 7) is 2.02. The van der Waals surface area contributed by atoms with Crippen molar-refractivity contribution in [2.75, 3.05) is 20.4 Å². The summed E-state index contributed by atoms with van der Waals surface area (Å²) in [5.41, 5.74) is 5.47. The maximum Gasteiger partial charge on any atom is 0.276 e. The number of ether oxygens (including phenoxy) is 4. The van der Waals surface area contributed by atoms with E-state index in [4.69, 9.17) is 18.9 Å². The second kappa shape index (κ2) is 8.22. The van der Waals surface area contributed by atoms with Gasteiger partial charge in [0.2, 0.25) is 6.79 Å². The van der Waals surface area contributed by atoms with Crippen LogP contribution in [0.1, 0.15) is 33.9 Å². The first-order valence-corrected chi connectivity index (χ1v) is 11.3. The van der Waals surface area contributed by atoms with Gasteiger partial charge in [0.05, 0.1) is 17.6 Å². The van der Waals surface area contributed by atoms with E-state index in [1.165, 1.54) is 22.8 Å². The molecule has 3 aliphatic rings. The molecule has 6 rings (SSSR count). The van der Waals surface area contributed by atoms with Gasteiger partial charge in [-0.05, 0) is 53.8 Å². The number of nitro groups is 1. The van der Waals surface area contributed by atoms with Crippen LogP contribution in [0.25, 0.3) is 0 Å². The fraction of sp³-hybridized carbons (Fsp3) is 0.308. The number of fused-ring (bicyclic) bond motifs is 5. The van der Waals surface area contributed by atoms with Crippen LogP contribution in [0, 0.1) is 10.1 Å². The van der Waals surface area contributed by atoms with Gasteiger partial charge in [-0.1, -0.05) is 18.2 Å². The number of hydrogen-bond donors (Lipinski definition) is 0. The number of nitrogens with zero attached hydrogens (tertiary/aromatic N) is 2. The summed E-state index contributed by atoms with van der Waals surface area (Å²) in [5, 5.41) is 11.4. The van der Waals surface area contributed by atoms with Crippen LogP contribution in [0.3, 0.4) is 0 Å². The van der Waals surface area contributed by atoms with E-state index in [1.807, 2.05) is 6.07 Å². The van der Waals surface area contributed by atoms with E-state index in [0.29, 0.717) is 17.1 Å². The summed E-state index contributed by atoms with van der Waals surface area (Å²) < 4.78 is 23.0. The van der Waals surface area contributed by atoms with E-state index in [-0.39, 0.29) is 30.1 Å². The van der Waals surface area contributed by atoms with E-state index in [9.17, 15) is 10.1 Å². The van der Waals surface area contributed by atoms with E-state index >= 15 is 0 Å². The molecule has 0 saturated carbocycles. The van der Waals surface area contributed by atoms with Gasteiger partial charge in [-0.2, -0.15) is 0 Å². The molecule has 0 saturated heterocycles. The second-order valence-electron chi connectivity index (χ2n) is 8.75. The average molecular weight is 460 g/mol. The van der Waals surface area contributed by atoms with Crippen molar-refractivity contribution >= 4 is 5.69 Å². The summed E-state index contributed by atoms with van der Waals surface area (Å²) in [7, 11) is 1.62. The Morgan fingerprint density at radius 3 is 2.76 bits per heavy atom. The van der Waals surface area contributed by atoms with Crippen molar-refractivity contribution in [2.24, 2.45) is 0 Å². The number of para-hydroxylation sites is 1. The number of hydrogen-bond acceptors (Lipinski definition) is 7. The predicted octanol–water partition coefficient (Wildman–Crippen LogP) is 4.57. The molecule has 0 spiro atoms. The van der Waals surface area contributed by atoms with E-state index in [1.54, 1.807) is 25.3 Å². The second-order valence-corrected chi connectivity index (χ2v) is 8.75. The minimum absolute atomic E-state index is 0.0534. The number of benzene rings is 3. The van der Waals surface area contributed by atoms with Gasteiger partial charge >= 0.3 is 0 Å². The Morgan fingerprint density at radius 2 is 1.94 bits per heavy atom. The lowest BCUT2D eigenvalue weighted by atomic mass is 9.83. The summed E-state index contributed by atoms with van der Waals surface area (Å²) >= 11 is 0. The van der Waals surface area contributed by atoms with Gasteiger partial charge in [0.15, 0.2) is 23.0 Å². The molecular formula is C26H24N2O6.